The van der Waals surface area contributed by atoms with E-state index in [1.165, 1.54) is 6.34 Å². The predicted molar refractivity (Wildman–Crippen MR) is 72.2 cm³/mol. The molecule has 2 aromatic carbocycles. The van der Waals surface area contributed by atoms with Crippen LogP contribution in [0.3, 0.4) is 0 Å². The van der Waals surface area contributed by atoms with Crippen molar-refractivity contribution in [2.24, 2.45) is 4.99 Å². The third kappa shape index (κ3) is 1.93. The Labute approximate surface area is 110 Å². The molecule has 1 aliphatic heterocycles. The molecular formula is C14H11ClN2O. The van der Waals surface area contributed by atoms with Gasteiger partial charge in [0.25, 0.3) is 0 Å². The molecule has 3 rings (SSSR count). The van der Waals surface area contributed by atoms with Crippen molar-refractivity contribution in [2.45, 2.75) is 6.04 Å². The first kappa shape index (κ1) is 11.4. The number of hydroxylamine groups is 2. The molecule has 90 valence electrons. The number of nitrogens with one attached hydrogen (secondary N) is 1. The molecule has 0 saturated carbocycles. The SMILES string of the molecule is [O-][NH+]1C=Nc2ccc(Cl)cc2C1c1ccccc1. The molecule has 2 unspecified atom stereocenters. The summed E-state index contributed by atoms with van der Waals surface area (Å²) in [4.78, 5) is 4.16. The van der Waals surface area contributed by atoms with Gasteiger partial charge in [0.05, 0.1) is 5.69 Å². The van der Waals surface area contributed by atoms with Crippen molar-refractivity contribution in [3.8, 4) is 0 Å². The van der Waals surface area contributed by atoms with Crippen molar-refractivity contribution < 1.29 is 5.06 Å². The zero-order chi connectivity index (χ0) is 12.5. The molecule has 0 radical (unpaired) electrons. The maximum absolute atomic E-state index is 12.1. The molecule has 0 bridgehead atoms. The molecule has 0 amide bonds. The Balaban J connectivity index is 2.15. The Morgan fingerprint density at radius 2 is 1.89 bits per heavy atom. The summed E-state index contributed by atoms with van der Waals surface area (Å²) in [5, 5.41) is 12.7. The molecule has 0 spiro atoms. The minimum Gasteiger partial charge on any atom is -0.627 e. The molecule has 3 nitrogen and oxygen atoms in total. The smallest absolute Gasteiger partial charge is 0.189 e. The monoisotopic (exact) mass is 258 g/mol. The van der Waals surface area contributed by atoms with E-state index >= 15 is 0 Å². The van der Waals surface area contributed by atoms with Crippen LogP contribution in [0.15, 0.2) is 53.5 Å². The van der Waals surface area contributed by atoms with Crippen molar-refractivity contribution in [2.75, 3.05) is 0 Å². The first-order chi connectivity index (χ1) is 8.75. The summed E-state index contributed by atoms with van der Waals surface area (Å²) in [5.41, 5.74) is 2.66. The largest absolute Gasteiger partial charge is 0.627 e. The molecule has 0 fully saturated rings. The number of nitrogens with zero attached hydrogens (tertiary/aromatic N) is 1. The summed E-state index contributed by atoms with van der Waals surface area (Å²) in [6.45, 7) is 0. The van der Waals surface area contributed by atoms with Crippen LogP contribution < -0.4 is 5.06 Å². The number of hydrogen-bond acceptors (Lipinski definition) is 2. The fourth-order valence-corrected chi connectivity index (χ4v) is 2.40. The summed E-state index contributed by atoms with van der Waals surface area (Å²) in [5.74, 6) is 0. The van der Waals surface area contributed by atoms with Crippen LogP contribution in [-0.4, -0.2) is 6.34 Å². The molecule has 2 aromatic rings. The van der Waals surface area contributed by atoms with E-state index in [9.17, 15) is 5.21 Å². The first-order valence-electron chi connectivity index (χ1n) is 5.68. The Morgan fingerprint density at radius 3 is 2.67 bits per heavy atom. The zero-order valence-electron chi connectivity index (χ0n) is 9.51. The number of fused-ring (bicyclic) bond motifs is 1. The van der Waals surface area contributed by atoms with Crippen LogP contribution in [0.25, 0.3) is 0 Å². The van der Waals surface area contributed by atoms with E-state index in [0.29, 0.717) is 5.02 Å². The number of halogens is 1. The van der Waals surface area contributed by atoms with Gasteiger partial charge in [0.2, 0.25) is 0 Å². The molecule has 1 heterocycles. The van der Waals surface area contributed by atoms with Gasteiger partial charge in [-0.2, -0.15) is 0 Å². The number of benzene rings is 2. The van der Waals surface area contributed by atoms with Crippen molar-refractivity contribution in [1.82, 2.24) is 0 Å². The highest BCUT2D eigenvalue weighted by molar-refractivity contribution is 6.30. The quantitative estimate of drug-likeness (QED) is 0.785. The highest BCUT2D eigenvalue weighted by Crippen LogP contribution is 2.32. The van der Waals surface area contributed by atoms with Crippen LogP contribution in [0, 0.1) is 5.21 Å². The highest BCUT2D eigenvalue weighted by atomic mass is 35.5. The zero-order valence-corrected chi connectivity index (χ0v) is 10.3. The summed E-state index contributed by atoms with van der Waals surface area (Å²) in [6, 6.07) is 14.9. The first-order valence-corrected chi connectivity index (χ1v) is 6.06. The molecule has 2 atom stereocenters. The average molecular weight is 259 g/mol. The van der Waals surface area contributed by atoms with E-state index < -0.39 is 0 Å². The Morgan fingerprint density at radius 1 is 1.11 bits per heavy atom. The molecule has 4 heteroatoms. The molecular weight excluding hydrogens is 248 g/mol. The average Bonchev–Trinajstić information content (AvgIpc) is 2.39. The Bertz CT molecular complexity index is 598. The maximum Gasteiger partial charge on any atom is 0.189 e. The minimum atomic E-state index is -0.294. The second-order valence-electron chi connectivity index (χ2n) is 4.21. The van der Waals surface area contributed by atoms with Crippen molar-refractivity contribution >= 4 is 23.6 Å². The lowest BCUT2D eigenvalue weighted by Gasteiger charge is -2.31. The van der Waals surface area contributed by atoms with Crippen LogP contribution in [0.2, 0.25) is 5.02 Å². The van der Waals surface area contributed by atoms with Crippen LogP contribution in [0.5, 0.6) is 0 Å². The summed E-state index contributed by atoms with van der Waals surface area (Å²) in [6.07, 6.45) is 1.40. The molecule has 0 saturated heterocycles. The third-order valence-electron chi connectivity index (χ3n) is 3.05. The Kier molecular flexibility index (Phi) is 2.88. The van der Waals surface area contributed by atoms with Crippen LogP contribution in [-0.2, 0) is 0 Å². The van der Waals surface area contributed by atoms with Gasteiger partial charge in [0.15, 0.2) is 6.34 Å². The third-order valence-corrected chi connectivity index (χ3v) is 3.28. The van der Waals surface area contributed by atoms with Crippen molar-refractivity contribution in [1.29, 1.82) is 0 Å². The van der Waals surface area contributed by atoms with E-state index in [2.05, 4.69) is 4.99 Å². The lowest BCUT2D eigenvalue weighted by molar-refractivity contribution is -0.772. The summed E-state index contributed by atoms with van der Waals surface area (Å²) < 4.78 is 0. The molecule has 0 aliphatic carbocycles. The van der Waals surface area contributed by atoms with Crippen LogP contribution >= 0.6 is 11.6 Å². The van der Waals surface area contributed by atoms with Gasteiger partial charge in [-0.05, 0) is 18.2 Å². The van der Waals surface area contributed by atoms with Gasteiger partial charge >= 0.3 is 0 Å². The molecule has 18 heavy (non-hydrogen) atoms. The second kappa shape index (κ2) is 4.53. The van der Waals surface area contributed by atoms with Gasteiger partial charge < -0.3 is 10.3 Å². The maximum atomic E-state index is 12.1. The van der Waals surface area contributed by atoms with E-state index in [0.717, 1.165) is 16.8 Å². The predicted octanol–water partition coefficient (Wildman–Crippen LogP) is 2.49. The lowest BCUT2D eigenvalue weighted by atomic mass is 9.96. The van der Waals surface area contributed by atoms with Gasteiger partial charge in [0, 0.05) is 16.1 Å². The topological polar surface area (TPSA) is 39.9 Å². The van der Waals surface area contributed by atoms with Gasteiger partial charge in [-0.25, -0.2) is 4.99 Å². The van der Waals surface area contributed by atoms with Crippen molar-refractivity contribution in [3.63, 3.8) is 0 Å². The fraction of sp³-hybridized carbons (Fsp3) is 0.0714. The van der Waals surface area contributed by atoms with Gasteiger partial charge in [-0.15, -0.1) is 0 Å². The van der Waals surface area contributed by atoms with E-state index in [4.69, 9.17) is 11.6 Å². The number of rotatable bonds is 1. The Hall–Kier alpha value is -1.68. The molecule has 0 aromatic heterocycles. The van der Waals surface area contributed by atoms with Gasteiger partial charge in [0.1, 0.15) is 6.04 Å². The summed E-state index contributed by atoms with van der Waals surface area (Å²) >= 11 is 6.01. The minimum absolute atomic E-state index is 0.00373. The van der Waals surface area contributed by atoms with E-state index in [1.54, 1.807) is 6.07 Å². The van der Waals surface area contributed by atoms with Gasteiger partial charge in [-0.3, -0.25) is 0 Å². The number of aliphatic imine (C=N–C) groups is 1. The van der Waals surface area contributed by atoms with E-state index in [-0.39, 0.29) is 11.1 Å². The standard InChI is InChI=1S/C14H11ClN2O/c15-11-6-7-13-12(8-11)14(17(18)9-16-13)10-4-2-1-3-5-10/h1-9,14,17H. The molecule has 1 N–H and O–H groups in total. The van der Waals surface area contributed by atoms with Crippen LogP contribution in [0.4, 0.5) is 5.69 Å². The number of quaternary nitrogens is 1. The second-order valence-corrected chi connectivity index (χ2v) is 4.64. The summed E-state index contributed by atoms with van der Waals surface area (Å²) in [7, 11) is 0. The lowest BCUT2D eigenvalue weighted by Crippen LogP contribution is -3.07. The fourth-order valence-electron chi connectivity index (χ4n) is 2.22. The van der Waals surface area contributed by atoms with Crippen molar-refractivity contribution in [3.05, 3.63) is 69.9 Å². The van der Waals surface area contributed by atoms with E-state index in [1.807, 2.05) is 42.5 Å². The highest BCUT2D eigenvalue weighted by Gasteiger charge is 2.26. The molecule has 1 aliphatic rings. The van der Waals surface area contributed by atoms with Crippen LogP contribution in [0.1, 0.15) is 17.2 Å². The number of hydrogen-bond donors (Lipinski definition) is 1. The normalized spacial score (nSPS) is 21.7. The van der Waals surface area contributed by atoms with Gasteiger partial charge in [-0.1, -0.05) is 41.9 Å².